The second kappa shape index (κ2) is 8.98. The van der Waals surface area contributed by atoms with Crippen LogP contribution in [0.25, 0.3) is 10.2 Å². The highest BCUT2D eigenvalue weighted by Gasteiger charge is 2.16. The number of aryl methyl sites for hydroxylation is 1. The average molecular weight is 470 g/mol. The van der Waals surface area contributed by atoms with Crippen molar-refractivity contribution in [2.45, 2.75) is 11.8 Å². The van der Waals surface area contributed by atoms with Crippen molar-refractivity contribution in [3.05, 3.63) is 78.4 Å². The van der Waals surface area contributed by atoms with Crippen LogP contribution in [-0.4, -0.2) is 18.5 Å². The van der Waals surface area contributed by atoms with Gasteiger partial charge in [-0.15, -0.1) is 4.83 Å². The number of nitrogens with one attached hydrogen (secondary N) is 4. The summed E-state index contributed by atoms with van der Waals surface area (Å²) in [6.45, 7) is 1.81. The Balaban J connectivity index is 1.42. The van der Waals surface area contributed by atoms with Crippen LogP contribution in [0.1, 0.15) is 5.56 Å². The van der Waals surface area contributed by atoms with E-state index in [4.69, 9.17) is 12.2 Å². The third-order valence-corrected chi connectivity index (χ3v) is 6.78. The molecule has 0 atom stereocenters. The molecular formula is C21H19N5O2S3. The summed E-state index contributed by atoms with van der Waals surface area (Å²) < 4.78 is 26.4. The zero-order valence-corrected chi connectivity index (χ0v) is 18.9. The number of para-hydroxylation sites is 2. The van der Waals surface area contributed by atoms with Crippen LogP contribution >= 0.6 is 23.6 Å². The van der Waals surface area contributed by atoms with E-state index >= 15 is 0 Å². The Morgan fingerprint density at radius 3 is 2.45 bits per heavy atom. The zero-order chi connectivity index (χ0) is 21.8. The van der Waals surface area contributed by atoms with Crippen molar-refractivity contribution in [3.8, 4) is 0 Å². The first-order chi connectivity index (χ1) is 14.9. The van der Waals surface area contributed by atoms with Crippen LogP contribution in [0.5, 0.6) is 0 Å². The van der Waals surface area contributed by atoms with E-state index in [0.29, 0.717) is 15.9 Å². The number of hydrogen-bond acceptors (Lipinski definition) is 6. The third-order valence-electron chi connectivity index (χ3n) is 4.37. The van der Waals surface area contributed by atoms with Crippen LogP contribution in [0.15, 0.2) is 77.7 Å². The smallest absolute Gasteiger partial charge is 0.257 e. The van der Waals surface area contributed by atoms with Crippen LogP contribution in [-0.2, 0) is 10.0 Å². The first-order valence-corrected chi connectivity index (χ1v) is 12.0. The summed E-state index contributed by atoms with van der Waals surface area (Å²) in [5.74, 6) is 0. The van der Waals surface area contributed by atoms with Crippen LogP contribution < -0.4 is 20.9 Å². The average Bonchev–Trinajstić information content (AvgIpc) is 3.17. The molecule has 158 valence electrons. The molecular weight excluding hydrogens is 450 g/mol. The van der Waals surface area contributed by atoms with Gasteiger partial charge in [0.2, 0.25) is 0 Å². The molecule has 1 aromatic heterocycles. The highest BCUT2D eigenvalue weighted by atomic mass is 32.2. The summed E-state index contributed by atoms with van der Waals surface area (Å²) in [6.07, 6.45) is 0. The summed E-state index contributed by atoms with van der Waals surface area (Å²) in [6, 6.07) is 21.9. The van der Waals surface area contributed by atoms with Crippen LogP contribution in [0.3, 0.4) is 0 Å². The molecule has 10 heteroatoms. The van der Waals surface area contributed by atoms with Gasteiger partial charge in [0.25, 0.3) is 10.0 Å². The molecule has 0 aliphatic rings. The van der Waals surface area contributed by atoms with E-state index in [9.17, 15) is 8.42 Å². The first-order valence-electron chi connectivity index (χ1n) is 9.28. The van der Waals surface area contributed by atoms with E-state index in [1.165, 1.54) is 17.4 Å². The molecule has 4 N–H and O–H groups in total. The Bertz CT molecular complexity index is 1300. The van der Waals surface area contributed by atoms with Crippen molar-refractivity contribution in [3.63, 3.8) is 0 Å². The Morgan fingerprint density at radius 1 is 0.968 bits per heavy atom. The predicted molar refractivity (Wildman–Crippen MR) is 131 cm³/mol. The molecule has 0 spiro atoms. The van der Waals surface area contributed by atoms with E-state index in [0.717, 1.165) is 21.5 Å². The summed E-state index contributed by atoms with van der Waals surface area (Å²) in [4.78, 5) is 6.87. The number of thiazole rings is 1. The van der Waals surface area contributed by atoms with Crippen LogP contribution in [0, 0.1) is 6.92 Å². The van der Waals surface area contributed by atoms with E-state index in [2.05, 4.69) is 25.9 Å². The van der Waals surface area contributed by atoms with Crippen molar-refractivity contribution < 1.29 is 8.42 Å². The fourth-order valence-electron chi connectivity index (χ4n) is 2.85. The summed E-state index contributed by atoms with van der Waals surface area (Å²) >= 11 is 6.70. The van der Waals surface area contributed by atoms with Gasteiger partial charge in [0.05, 0.1) is 15.1 Å². The number of fused-ring (bicyclic) bond motifs is 1. The Hall–Kier alpha value is -3.05. The molecule has 0 saturated heterocycles. The van der Waals surface area contributed by atoms with Crippen molar-refractivity contribution >= 4 is 65.4 Å². The van der Waals surface area contributed by atoms with Gasteiger partial charge in [-0.1, -0.05) is 41.7 Å². The highest BCUT2D eigenvalue weighted by molar-refractivity contribution is 7.89. The highest BCUT2D eigenvalue weighted by Crippen LogP contribution is 2.25. The molecule has 3 aromatic carbocycles. The van der Waals surface area contributed by atoms with Gasteiger partial charge >= 0.3 is 0 Å². The lowest BCUT2D eigenvalue weighted by Gasteiger charge is -2.14. The second-order valence-corrected chi connectivity index (χ2v) is 9.76. The van der Waals surface area contributed by atoms with Crippen molar-refractivity contribution in [2.24, 2.45) is 0 Å². The van der Waals surface area contributed by atoms with Crippen LogP contribution in [0.2, 0.25) is 0 Å². The molecule has 0 aliphatic heterocycles. The van der Waals surface area contributed by atoms with Gasteiger partial charge in [0.15, 0.2) is 10.2 Å². The van der Waals surface area contributed by atoms with Gasteiger partial charge in [-0.05, 0) is 67.2 Å². The largest absolute Gasteiger partial charge is 0.332 e. The lowest BCUT2D eigenvalue weighted by molar-refractivity contribution is 0.587. The fraction of sp³-hybridized carbons (Fsp3) is 0.0476. The summed E-state index contributed by atoms with van der Waals surface area (Å²) in [5, 5.41) is 7.06. The molecule has 4 aromatic rings. The standard InChI is InChI=1S/C21H19N5O2S3/c1-14-13-16(11-12-17(14)23-20(29)22-15-7-3-2-4-8-15)31(27,28)26-25-21-24-18-9-5-6-10-19(18)30-21/h2-13,26H,1H3,(H,24,25)(H2,22,23,29). The molecule has 1 heterocycles. The fourth-order valence-corrected chi connectivity index (χ4v) is 4.88. The van der Waals surface area contributed by atoms with Gasteiger partial charge in [0.1, 0.15) is 0 Å². The Labute approximate surface area is 189 Å². The quantitative estimate of drug-likeness (QED) is 0.240. The van der Waals surface area contributed by atoms with Crippen molar-refractivity contribution in [1.29, 1.82) is 0 Å². The molecule has 31 heavy (non-hydrogen) atoms. The number of rotatable bonds is 6. The van der Waals surface area contributed by atoms with E-state index in [-0.39, 0.29) is 4.90 Å². The maximum absolute atomic E-state index is 12.7. The van der Waals surface area contributed by atoms with Gasteiger partial charge in [-0.3, -0.25) is 5.43 Å². The normalized spacial score (nSPS) is 11.3. The molecule has 0 unspecified atom stereocenters. The SMILES string of the molecule is Cc1cc(S(=O)(=O)NNc2nc3ccccc3s2)ccc1NC(=S)Nc1ccccc1. The number of thiocarbonyl (C=S) groups is 1. The van der Waals surface area contributed by atoms with Crippen LogP contribution in [0.4, 0.5) is 16.5 Å². The number of nitrogens with zero attached hydrogens (tertiary/aromatic N) is 1. The zero-order valence-electron chi connectivity index (χ0n) is 16.4. The Morgan fingerprint density at radius 2 is 1.71 bits per heavy atom. The molecule has 7 nitrogen and oxygen atoms in total. The lowest BCUT2D eigenvalue weighted by Crippen LogP contribution is -2.29. The number of hydrogen-bond donors (Lipinski definition) is 4. The molecule has 0 saturated carbocycles. The van der Waals surface area contributed by atoms with Gasteiger partial charge in [-0.25, -0.2) is 13.4 Å². The lowest BCUT2D eigenvalue weighted by atomic mass is 10.2. The van der Waals surface area contributed by atoms with Crippen molar-refractivity contribution in [1.82, 2.24) is 9.82 Å². The Kier molecular flexibility index (Phi) is 6.14. The van der Waals surface area contributed by atoms with Gasteiger partial charge in [0, 0.05) is 11.4 Å². The summed E-state index contributed by atoms with van der Waals surface area (Å²) in [5.41, 5.74) is 5.81. The number of sulfonamides is 1. The van der Waals surface area contributed by atoms with Gasteiger partial charge < -0.3 is 10.6 Å². The third kappa shape index (κ3) is 5.17. The van der Waals surface area contributed by atoms with E-state index in [1.807, 2.05) is 61.5 Å². The minimum absolute atomic E-state index is 0.131. The minimum atomic E-state index is -3.78. The molecule has 4 rings (SSSR count). The number of aromatic nitrogens is 1. The molecule has 0 bridgehead atoms. The second-order valence-electron chi connectivity index (χ2n) is 6.64. The van der Waals surface area contributed by atoms with E-state index in [1.54, 1.807) is 12.1 Å². The monoisotopic (exact) mass is 469 g/mol. The predicted octanol–water partition coefficient (Wildman–Crippen LogP) is 4.72. The maximum Gasteiger partial charge on any atom is 0.257 e. The van der Waals surface area contributed by atoms with Gasteiger partial charge in [-0.2, -0.15) is 0 Å². The molecule has 0 fully saturated rings. The molecule has 0 amide bonds. The number of anilines is 3. The molecule has 0 radical (unpaired) electrons. The minimum Gasteiger partial charge on any atom is -0.332 e. The van der Waals surface area contributed by atoms with Crippen molar-refractivity contribution in [2.75, 3.05) is 16.1 Å². The first kappa shape index (κ1) is 21.2. The molecule has 0 aliphatic carbocycles. The summed E-state index contributed by atoms with van der Waals surface area (Å²) in [7, 11) is -3.78. The topological polar surface area (TPSA) is 95.2 Å². The van der Waals surface area contributed by atoms with E-state index < -0.39 is 10.0 Å². The number of hydrazine groups is 1. The maximum atomic E-state index is 12.7. The number of benzene rings is 3.